The zero-order valence-electron chi connectivity index (χ0n) is 7.86. The fourth-order valence-corrected chi connectivity index (χ4v) is 1.33. The molecule has 0 saturated heterocycles. The van der Waals surface area contributed by atoms with E-state index in [1.54, 1.807) is 18.5 Å². The van der Waals surface area contributed by atoms with Gasteiger partial charge in [0.25, 0.3) is 0 Å². The summed E-state index contributed by atoms with van der Waals surface area (Å²) in [6, 6.07) is 0.395. The molecule has 1 aromatic heterocycles. The lowest BCUT2D eigenvalue weighted by Gasteiger charge is -2.16. The average molecular weight is 182 g/mol. The molecule has 1 aliphatic carbocycles. The molecule has 0 bridgehead atoms. The molecule has 5 nitrogen and oxygen atoms in total. The van der Waals surface area contributed by atoms with Crippen LogP contribution in [0.3, 0.4) is 0 Å². The average Bonchev–Trinajstić information content (AvgIpc) is 2.73. The van der Waals surface area contributed by atoms with Gasteiger partial charge in [-0.05, 0) is 26.7 Å². The molecular formula is C8H14N4O. The zero-order chi connectivity index (χ0) is 9.64. The van der Waals surface area contributed by atoms with Crippen LogP contribution in [0, 0.1) is 0 Å². The molecule has 1 saturated carbocycles. The topological polar surface area (TPSA) is 77.0 Å². The van der Waals surface area contributed by atoms with Gasteiger partial charge >= 0.3 is 0 Å². The molecule has 0 aromatic carbocycles. The lowest BCUT2D eigenvalue weighted by atomic mass is 10.1. The van der Waals surface area contributed by atoms with Crippen LogP contribution in [0.5, 0.6) is 0 Å². The Hall–Kier alpha value is -1.10. The first-order valence-electron chi connectivity index (χ1n) is 4.43. The number of nitrogens with zero attached hydrogens (tertiary/aromatic N) is 3. The summed E-state index contributed by atoms with van der Waals surface area (Å²) in [6.45, 7) is 3.38. The van der Waals surface area contributed by atoms with E-state index in [-0.39, 0.29) is 5.95 Å². The second-order valence-electron chi connectivity index (χ2n) is 4.03. The second-order valence-corrected chi connectivity index (χ2v) is 4.03. The number of aromatic nitrogens is 3. The SMILES string of the molecule is CC(C)(O)c1nc(N)nn1C1CC1. The summed E-state index contributed by atoms with van der Waals surface area (Å²) in [7, 11) is 0. The highest BCUT2D eigenvalue weighted by atomic mass is 16.3. The fraction of sp³-hybridized carbons (Fsp3) is 0.750. The fourth-order valence-electron chi connectivity index (χ4n) is 1.33. The Labute approximate surface area is 76.6 Å². The summed E-state index contributed by atoms with van der Waals surface area (Å²) in [5.41, 5.74) is 4.52. The Morgan fingerprint density at radius 2 is 2.15 bits per heavy atom. The lowest BCUT2D eigenvalue weighted by molar-refractivity contribution is 0.0634. The molecule has 1 aliphatic rings. The van der Waals surface area contributed by atoms with Gasteiger partial charge in [0, 0.05) is 0 Å². The number of rotatable bonds is 2. The van der Waals surface area contributed by atoms with Crippen LogP contribution >= 0.6 is 0 Å². The molecule has 1 heterocycles. The van der Waals surface area contributed by atoms with Crippen LogP contribution in [0.1, 0.15) is 38.6 Å². The summed E-state index contributed by atoms with van der Waals surface area (Å²) in [5, 5.41) is 13.8. The van der Waals surface area contributed by atoms with Crippen LogP contribution in [-0.4, -0.2) is 19.9 Å². The predicted molar refractivity (Wildman–Crippen MR) is 48.0 cm³/mol. The van der Waals surface area contributed by atoms with Crippen LogP contribution in [0.4, 0.5) is 5.95 Å². The van der Waals surface area contributed by atoms with Gasteiger partial charge in [0.1, 0.15) is 5.60 Å². The van der Waals surface area contributed by atoms with Gasteiger partial charge in [-0.25, -0.2) is 4.68 Å². The molecule has 5 heteroatoms. The van der Waals surface area contributed by atoms with E-state index in [0.29, 0.717) is 11.9 Å². The highest BCUT2D eigenvalue weighted by Crippen LogP contribution is 2.37. The van der Waals surface area contributed by atoms with Crippen molar-refractivity contribution in [2.24, 2.45) is 0 Å². The normalized spacial score (nSPS) is 17.8. The zero-order valence-corrected chi connectivity index (χ0v) is 7.86. The minimum absolute atomic E-state index is 0.240. The van der Waals surface area contributed by atoms with Gasteiger partial charge in [-0.15, -0.1) is 5.10 Å². The third kappa shape index (κ3) is 1.51. The molecule has 2 rings (SSSR count). The summed E-state index contributed by atoms with van der Waals surface area (Å²) in [5.74, 6) is 0.802. The van der Waals surface area contributed by atoms with Crippen molar-refractivity contribution in [3.05, 3.63) is 5.82 Å². The number of anilines is 1. The molecular weight excluding hydrogens is 168 g/mol. The van der Waals surface area contributed by atoms with Crippen molar-refractivity contribution in [2.45, 2.75) is 38.3 Å². The van der Waals surface area contributed by atoms with E-state index < -0.39 is 5.60 Å². The van der Waals surface area contributed by atoms with Crippen molar-refractivity contribution in [2.75, 3.05) is 5.73 Å². The highest BCUT2D eigenvalue weighted by Gasteiger charge is 2.33. The predicted octanol–water partition coefficient (Wildman–Crippen LogP) is 0.423. The third-order valence-electron chi connectivity index (χ3n) is 2.09. The molecule has 0 spiro atoms. The van der Waals surface area contributed by atoms with Gasteiger partial charge < -0.3 is 10.8 Å². The summed E-state index contributed by atoms with van der Waals surface area (Å²) >= 11 is 0. The Morgan fingerprint density at radius 3 is 2.62 bits per heavy atom. The number of hydrogen-bond donors (Lipinski definition) is 2. The van der Waals surface area contributed by atoms with Gasteiger partial charge in [0.2, 0.25) is 5.95 Å². The minimum Gasteiger partial charge on any atom is -0.382 e. The van der Waals surface area contributed by atoms with Crippen LogP contribution in [-0.2, 0) is 5.60 Å². The molecule has 3 N–H and O–H groups in total. The third-order valence-corrected chi connectivity index (χ3v) is 2.09. The van der Waals surface area contributed by atoms with Crippen molar-refractivity contribution in [3.63, 3.8) is 0 Å². The van der Waals surface area contributed by atoms with E-state index in [1.165, 1.54) is 0 Å². The van der Waals surface area contributed by atoms with Crippen molar-refractivity contribution in [1.29, 1.82) is 0 Å². The van der Waals surface area contributed by atoms with Crippen molar-refractivity contribution < 1.29 is 5.11 Å². The first-order chi connectivity index (χ1) is 5.98. The van der Waals surface area contributed by atoms with E-state index in [4.69, 9.17) is 5.73 Å². The Kier molecular flexibility index (Phi) is 1.60. The lowest BCUT2D eigenvalue weighted by Crippen LogP contribution is -2.22. The van der Waals surface area contributed by atoms with E-state index >= 15 is 0 Å². The summed E-state index contributed by atoms with van der Waals surface area (Å²) in [4.78, 5) is 4.02. The van der Waals surface area contributed by atoms with E-state index in [2.05, 4.69) is 10.1 Å². The Bertz CT molecular complexity index is 321. The largest absolute Gasteiger partial charge is 0.382 e. The smallest absolute Gasteiger partial charge is 0.239 e. The van der Waals surface area contributed by atoms with Gasteiger partial charge in [-0.3, -0.25) is 0 Å². The van der Waals surface area contributed by atoms with Crippen molar-refractivity contribution >= 4 is 5.95 Å². The van der Waals surface area contributed by atoms with Crippen molar-refractivity contribution in [1.82, 2.24) is 14.8 Å². The number of nitrogens with two attached hydrogens (primary N) is 1. The van der Waals surface area contributed by atoms with Crippen molar-refractivity contribution in [3.8, 4) is 0 Å². The second kappa shape index (κ2) is 2.45. The number of aliphatic hydroxyl groups is 1. The van der Waals surface area contributed by atoms with Crippen LogP contribution in [0.25, 0.3) is 0 Å². The quantitative estimate of drug-likeness (QED) is 0.695. The van der Waals surface area contributed by atoms with Gasteiger partial charge in [0.15, 0.2) is 5.82 Å². The molecule has 1 aromatic rings. The van der Waals surface area contributed by atoms with Crippen LogP contribution in [0.15, 0.2) is 0 Å². The van der Waals surface area contributed by atoms with Crippen LogP contribution in [0.2, 0.25) is 0 Å². The molecule has 13 heavy (non-hydrogen) atoms. The van der Waals surface area contributed by atoms with Gasteiger partial charge in [-0.1, -0.05) is 0 Å². The van der Waals surface area contributed by atoms with E-state index in [1.807, 2.05) is 0 Å². The maximum Gasteiger partial charge on any atom is 0.239 e. The molecule has 72 valence electrons. The molecule has 0 unspecified atom stereocenters. The molecule has 0 aliphatic heterocycles. The minimum atomic E-state index is -0.965. The number of hydrogen-bond acceptors (Lipinski definition) is 4. The Morgan fingerprint density at radius 1 is 1.54 bits per heavy atom. The van der Waals surface area contributed by atoms with Gasteiger partial charge in [0.05, 0.1) is 6.04 Å². The maximum atomic E-state index is 9.78. The standard InChI is InChI=1S/C8H14N4O/c1-8(2,13)6-10-7(9)11-12(6)5-3-4-5/h5,13H,3-4H2,1-2H3,(H2,9,11). The number of nitrogen functional groups attached to an aromatic ring is 1. The molecule has 1 fully saturated rings. The molecule has 0 atom stereocenters. The first-order valence-corrected chi connectivity index (χ1v) is 4.43. The Balaban J connectivity index is 2.42. The summed E-state index contributed by atoms with van der Waals surface area (Å²) < 4.78 is 1.75. The molecule has 0 amide bonds. The molecule has 0 radical (unpaired) electrons. The monoisotopic (exact) mass is 182 g/mol. The highest BCUT2D eigenvalue weighted by molar-refractivity contribution is 5.18. The van der Waals surface area contributed by atoms with E-state index in [0.717, 1.165) is 12.8 Å². The maximum absolute atomic E-state index is 9.78. The summed E-state index contributed by atoms with van der Waals surface area (Å²) in [6.07, 6.45) is 2.21. The van der Waals surface area contributed by atoms with Crippen LogP contribution < -0.4 is 5.73 Å². The van der Waals surface area contributed by atoms with Gasteiger partial charge in [-0.2, -0.15) is 4.98 Å². The van der Waals surface area contributed by atoms with E-state index in [9.17, 15) is 5.11 Å². The first kappa shape index (κ1) is 8.50.